The van der Waals surface area contributed by atoms with E-state index in [0.29, 0.717) is 37.8 Å². The Morgan fingerprint density at radius 2 is 2.03 bits per heavy atom. The minimum absolute atomic E-state index is 0.0134. The number of hydrogen-bond acceptors (Lipinski definition) is 4. The Bertz CT molecular complexity index is 973. The summed E-state index contributed by atoms with van der Waals surface area (Å²) in [6.45, 7) is 2.90. The Balaban J connectivity index is 1.47. The molecule has 172 valence electrons. The number of H-pyrrole nitrogens is 1. The second kappa shape index (κ2) is 9.84. The van der Waals surface area contributed by atoms with E-state index in [0.717, 1.165) is 25.0 Å². The van der Waals surface area contributed by atoms with Gasteiger partial charge in [-0.2, -0.15) is 5.10 Å². The van der Waals surface area contributed by atoms with Crippen LogP contribution in [0.2, 0.25) is 0 Å². The van der Waals surface area contributed by atoms with Crippen molar-refractivity contribution in [2.75, 3.05) is 19.7 Å². The molecule has 2 aliphatic rings. The number of benzene rings is 1. The summed E-state index contributed by atoms with van der Waals surface area (Å²) in [4.78, 5) is 27.9. The Morgan fingerprint density at radius 1 is 1.22 bits per heavy atom. The first kappa shape index (κ1) is 22.5. The van der Waals surface area contributed by atoms with Crippen molar-refractivity contribution >= 4 is 11.9 Å². The van der Waals surface area contributed by atoms with E-state index >= 15 is 0 Å². The van der Waals surface area contributed by atoms with Gasteiger partial charge in [-0.05, 0) is 69.1 Å². The summed E-state index contributed by atoms with van der Waals surface area (Å²) in [6, 6.07) is 6.52. The predicted molar refractivity (Wildman–Crippen MR) is 119 cm³/mol. The van der Waals surface area contributed by atoms with Gasteiger partial charge in [-0.25, -0.2) is 4.39 Å². The lowest BCUT2D eigenvalue weighted by Crippen LogP contribution is -2.51. The fourth-order valence-corrected chi connectivity index (χ4v) is 5.16. The van der Waals surface area contributed by atoms with Crippen molar-refractivity contribution in [2.45, 2.75) is 64.7 Å². The van der Waals surface area contributed by atoms with Gasteiger partial charge in [-0.1, -0.05) is 18.2 Å². The number of nitrogens with one attached hydrogen (secondary N) is 1. The van der Waals surface area contributed by atoms with Crippen molar-refractivity contribution in [1.82, 2.24) is 15.1 Å². The molecule has 1 aromatic carbocycles. The number of aromatic amines is 1. The van der Waals surface area contributed by atoms with Crippen LogP contribution in [0.1, 0.15) is 61.5 Å². The number of amides is 1. The zero-order chi connectivity index (χ0) is 22.6. The van der Waals surface area contributed by atoms with Crippen LogP contribution in [0.4, 0.5) is 4.39 Å². The summed E-state index contributed by atoms with van der Waals surface area (Å²) < 4.78 is 19.8. The maximum Gasteiger partial charge on any atom is 0.314 e. The van der Waals surface area contributed by atoms with Gasteiger partial charge in [0.05, 0.1) is 17.7 Å². The fraction of sp³-hybridized carbons (Fsp3) is 0.560. The van der Waals surface area contributed by atoms with Crippen LogP contribution in [-0.2, 0) is 40.0 Å². The summed E-state index contributed by atoms with van der Waals surface area (Å²) in [6.07, 6.45) is 6.85. The van der Waals surface area contributed by atoms with Gasteiger partial charge >= 0.3 is 5.97 Å². The topological polar surface area (TPSA) is 75.3 Å². The number of aryl methyl sites for hydroxylation is 2. The third-order valence-corrected chi connectivity index (χ3v) is 6.84. The molecule has 6 nitrogen and oxygen atoms in total. The molecule has 4 rings (SSSR count). The molecule has 32 heavy (non-hydrogen) atoms. The molecule has 2 aromatic rings. The highest BCUT2D eigenvalue weighted by molar-refractivity contribution is 5.81. The van der Waals surface area contributed by atoms with E-state index in [1.165, 1.54) is 23.7 Å². The number of halogens is 1. The van der Waals surface area contributed by atoms with Crippen molar-refractivity contribution in [1.29, 1.82) is 0 Å². The molecule has 0 bridgehead atoms. The van der Waals surface area contributed by atoms with Gasteiger partial charge in [-0.15, -0.1) is 0 Å². The first-order valence-electron chi connectivity index (χ1n) is 11.8. The number of carbonyl (C=O) groups excluding carboxylic acids is 2. The summed E-state index contributed by atoms with van der Waals surface area (Å²) in [5.41, 5.74) is 3.05. The van der Waals surface area contributed by atoms with Crippen LogP contribution in [0, 0.1) is 11.2 Å². The minimum atomic E-state index is -0.919. The first-order valence-corrected chi connectivity index (χ1v) is 11.8. The Labute approximate surface area is 188 Å². The van der Waals surface area contributed by atoms with Crippen LogP contribution < -0.4 is 0 Å². The van der Waals surface area contributed by atoms with Gasteiger partial charge in [0.2, 0.25) is 5.91 Å². The van der Waals surface area contributed by atoms with E-state index in [1.807, 2.05) is 0 Å². The van der Waals surface area contributed by atoms with Crippen LogP contribution in [0.5, 0.6) is 0 Å². The Kier molecular flexibility index (Phi) is 6.92. The molecule has 0 radical (unpaired) electrons. The molecule has 0 saturated carbocycles. The summed E-state index contributed by atoms with van der Waals surface area (Å²) in [5.74, 6) is -0.662. The highest BCUT2D eigenvalue weighted by Gasteiger charge is 2.45. The molecule has 1 N–H and O–H groups in total. The van der Waals surface area contributed by atoms with Crippen LogP contribution in [0.25, 0.3) is 0 Å². The highest BCUT2D eigenvalue weighted by Crippen LogP contribution is 2.36. The number of aromatic nitrogens is 2. The smallest absolute Gasteiger partial charge is 0.314 e. The van der Waals surface area contributed by atoms with E-state index in [-0.39, 0.29) is 37.3 Å². The molecule has 1 aromatic heterocycles. The maximum absolute atomic E-state index is 14.4. The van der Waals surface area contributed by atoms with Crippen LogP contribution >= 0.6 is 0 Å². The summed E-state index contributed by atoms with van der Waals surface area (Å²) in [5, 5.41) is 7.58. The van der Waals surface area contributed by atoms with Crippen LogP contribution in [-0.4, -0.2) is 46.7 Å². The van der Waals surface area contributed by atoms with Gasteiger partial charge in [0.15, 0.2) is 0 Å². The molecule has 1 saturated heterocycles. The molecule has 1 fully saturated rings. The molecule has 1 atom stereocenters. The van der Waals surface area contributed by atoms with E-state index in [1.54, 1.807) is 30.0 Å². The second-order valence-corrected chi connectivity index (χ2v) is 9.02. The molecule has 1 amide bonds. The van der Waals surface area contributed by atoms with Crippen LogP contribution in [0.15, 0.2) is 24.3 Å². The van der Waals surface area contributed by atoms with Gasteiger partial charge < -0.3 is 9.64 Å². The third kappa shape index (κ3) is 4.71. The number of esters is 1. The summed E-state index contributed by atoms with van der Waals surface area (Å²) in [7, 11) is 0. The van der Waals surface area contributed by atoms with Crippen molar-refractivity contribution in [3.05, 3.63) is 52.6 Å². The monoisotopic (exact) mass is 441 g/mol. The lowest BCUT2D eigenvalue weighted by atomic mass is 9.74. The average molecular weight is 442 g/mol. The van der Waals surface area contributed by atoms with E-state index < -0.39 is 5.41 Å². The number of carbonyl (C=O) groups is 2. The average Bonchev–Trinajstić information content (AvgIpc) is 3.22. The zero-order valence-corrected chi connectivity index (χ0v) is 18.8. The molecule has 7 heteroatoms. The lowest BCUT2D eigenvalue weighted by molar-refractivity contribution is -0.160. The normalized spacial score (nSPS) is 20.6. The number of piperidine rings is 1. The number of likely N-dealkylation sites (tertiary alicyclic amines) is 1. The first-order chi connectivity index (χ1) is 15.5. The Hall–Kier alpha value is -2.70. The molecule has 1 aliphatic carbocycles. The van der Waals surface area contributed by atoms with E-state index in [4.69, 9.17) is 4.74 Å². The number of rotatable bonds is 7. The minimum Gasteiger partial charge on any atom is -0.466 e. The van der Waals surface area contributed by atoms with Crippen molar-refractivity contribution < 1.29 is 18.7 Å². The quantitative estimate of drug-likeness (QED) is 0.664. The third-order valence-electron chi connectivity index (χ3n) is 6.84. The molecular formula is C25H32FN3O3. The van der Waals surface area contributed by atoms with Gasteiger partial charge in [0.25, 0.3) is 0 Å². The Morgan fingerprint density at radius 3 is 2.84 bits per heavy atom. The molecule has 2 heterocycles. The SMILES string of the molecule is CCOC(=O)C1(Cc2ccccc2F)CCCN(C(=O)CCc2n[nH]c3c2CCCC3)C1. The lowest BCUT2D eigenvalue weighted by Gasteiger charge is -2.41. The van der Waals surface area contributed by atoms with E-state index in [9.17, 15) is 14.0 Å². The second-order valence-electron chi connectivity index (χ2n) is 9.02. The largest absolute Gasteiger partial charge is 0.466 e. The van der Waals surface area contributed by atoms with Crippen LogP contribution in [0.3, 0.4) is 0 Å². The maximum atomic E-state index is 14.4. The van der Waals surface area contributed by atoms with Crippen molar-refractivity contribution in [3.63, 3.8) is 0 Å². The molecule has 0 spiro atoms. The van der Waals surface area contributed by atoms with Crippen molar-refractivity contribution in [3.8, 4) is 0 Å². The summed E-state index contributed by atoms with van der Waals surface area (Å²) >= 11 is 0. The zero-order valence-electron chi connectivity index (χ0n) is 18.8. The molecular weight excluding hydrogens is 409 g/mol. The standard InChI is InChI=1S/C25H32FN3O3/c1-2-32-24(31)25(16-18-8-3-5-10-20(18)26)14-7-15-29(17-25)23(30)13-12-22-19-9-4-6-11-21(19)27-28-22/h3,5,8,10H,2,4,6-7,9,11-17H2,1H3,(H,27,28). The van der Waals surface area contributed by atoms with Crippen molar-refractivity contribution in [2.24, 2.45) is 5.41 Å². The molecule has 1 aliphatic heterocycles. The number of fused-ring (bicyclic) bond motifs is 1. The van der Waals surface area contributed by atoms with Gasteiger partial charge in [-0.3, -0.25) is 14.7 Å². The number of hydrogen-bond donors (Lipinski definition) is 1. The molecule has 1 unspecified atom stereocenters. The highest BCUT2D eigenvalue weighted by atomic mass is 19.1. The fourth-order valence-electron chi connectivity index (χ4n) is 5.16. The predicted octanol–water partition coefficient (Wildman–Crippen LogP) is 3.77. The van der Waals surface area contributed by atoms with E-state index in [2.05, 4.69) is 10.2 Å². The number of nitrogens with zero attached hydrogens (tertiary/aromatic N) is 2. The van der Waals surface area contributed by atoms with Gasteiger partial charge in [0, 0.05) is 31.6 Å². The van der Waals surface area contributed by atoms with Gasteiger partial charge in [0.1, 0.15) is 5.82 Å². The number of ether oxygens (including phenoxy) is 1.